The molecule has 0 bridgehead atoms. The Labute approximate surface area is 114 Å². The maximum atomic E-state index is 12.1. The second kappa shape index (κ2) is 6.45. The van der Waals surface area contributed by atoms with Crippen molar-refractivity contribution >= 4 is 12.0 Å². The smallest absolute Gasteiger partial charge is 0.392 e. The molecule has 0 atom stereocenters. The molecule has 1 aromatic carbocycles. The van der Waals surface area contributed by atoms with E-state index in [2.05, 4.69) is 0 Å². The average Bonchev–Trinajstić information content (AvgIpc) is 2.28. The van der Waals surface area contributed by atoms with Gasteiger partial charge in [-0.1, -0.05) is 0 Å². The Kier molecular flexibility index (Phi) is 5.19. The van der Waals surface area contributed by atoms with Gasteiger partial charge in [-0.3, -0.25) is 0 Å². The Morgan fingerprint density at radius 1 is 1.30 bits per heavy atom. The lowest BCUT2D eigenvalue weighted by Crippen LogP contribution is -2.13. The zero-order valence-corrected chi connectivity index (χ0v) is 11.1. The number of halogens is 3. The van der Waals surface area contributed by atoms with Crippen LogP contribution in [0.3, 0.4) is 0 Å². The average molecular weight is 288 g/mol. The Balaban J connectivity index is 2.81. The van der Waals surface area contributed by atoms with Gasteiger partial charge < -0.3 is 9.84 Å². The second-order valence-corrected chi connectivity index (χ2v) is 4.37. The van der Waals surface area contributed by atoms with Gasteiger partial charge in [0.05, 0.1) is 13.0 Å². The predicted molar refractivity (Wildman–Crippen MR) is 68.8 cm³/mol. The van der Waals surface area contributed by atoms with Crippen molar-refractivity contribution in [1.29, 1.82) is 0 Å². The van der Waals surface area contributed by atoms with E-state index in [9.17, 15) is 18.0 Å². The molecule has 0 aliphatic carbocycles. The van der Waals surface area contributed by atoms with Crippen molar-refractivity contribution in [1.82, 2.24) is 0 Å². The Morgan fingerprint density at radius 3 is 2.30 bits per heavy atom. The van der Waals surface area contributed by atoms with Crippen LogP contribution >= 0.6 is 0 Å². The highest BCUT2D eigenvalue weighted by Crippen LogP contribution is 2.27. The normalized spacial score (nSPS) is 11.8. The molecule has 0 aromatic heterocycles. The van der Waals surface area contributed by atoms with Crippen LogP contribution in [0.2, 0.25) is 0 Å². The van der Waals surface area contributed by atoms with Crippen molar-refractivity contribution in [3.63, 3.8) is 0 Å². The van der Waals surface area contributed by atoms with Gasteiger partial charge in [-0.2, -0.15) is 13.2 Å². The number of carboxylic acid groups (broad SMARTS) is 1. The number of aryl methyl sites for hydroxylation is 2. The summed E-state index contributed by atoms with van der Waals surface area (Å²) in [6.45, 7) is 2.97. The van der Waals surface area contributed by atoms with E-state index in [-0.39, 0.29) is 0 Å². The van der Waals surface area contributed by atoms with E-state index in [1.54, 1.807) is 26.0 Å². The van der Waals surface area contributed by atoms with Gasteiger partial charge in [-0.15, -0.1) is 0 Å². The first kappa shape index (κ1) is 16.1. The second-order valence-electron chi connectivity index (χ2n) is 4.37. The van der Waals surface area contributed by atoms with E-state index in [0.717, 1.165) is 6.08 Å². The van der Waals surface area contributed by atoms with Gasteiger partial charge in [-0.05, 0) is 48.7 Å². The van der Waals surface area contributed by atoms with Crippen LogP contribution in [0.4, 0.5) is 13.2 Å². The number of carbonyl (C=O) groups is 1. The maximum Gasteiger partial charge on any atom is 0.392 e. The molecule has 0 aliphatic heterocycles. The molecule has 110 valence electrons. The highest BCUT2D eigenvalue weighted by molar-refractivity contribution is 5.85. The summed E-state index contributed by atoms with van der Waals surface area (Å²) in [5.41, 5.74) is 1.99. The molecular formula is C14H15F3O3. The molecule has 0 spiro atoms. The fourth-order valence-electron chi connectivity index (χ4n) is 1.74. The van der Waals surface area contributed by atoms with Crippen LogP contribution in [0, 0.1) is 13.8 Å². The summed E-state index contributed by atoms with van der Waals surface area (Å²) in [4.78, 5) is 10.4. The Hall–Kier alpha value is -1.98. The number of aliphatic carboxylic acids is 1. The Morgan fingerprint density at radius 2 is 1.85 bits per heavy atom. The van der Waals surface area contributed by atoms with Crippen molar-refractivity contribution < 1.29 is 27.8 Å². The molecule has 1 N–H and O–H groups in total. The van der Waals surface area contributed by atoms with Crippen LogP contribution in [0.25, 0.3) is 6.08 Å². The number of alkyl halides is 3. The summed E-state index contributed by atoms with van der Waals surface area (Å²) in [7, 11) is 0. The highest BCUT2D eigenvalue weighted by Gasteiger charge is 2.27. The van der Waals surface area contributed by atoms with E-state index in [1.165, 1.54) is 6.08 Å². The van der Waals surface area contributed by atoms with Crippen molar-refractivity contribution in [2.75, 3.05) is 6.61 Å². The molecule has 0 radical (unpaired) electrons. The number of benzene rings is 1. The van der Waals surface area contributed by atoms with Gasteiger partial charge in [0.2, 0.25) is 0 Å². The fraction of sp³-hybridized carbons (Fsp3) is 0.357. The number of rotatable bonds is 5. The first-order valence-corrected chi connectivity index (χ1v) is 5.91. The third-order valence-electron chi connectivity index (χ3n) is 2.53. The van der Waals surface area contributed by atoms with Crippen LogP contribution in [0.1, 0.15) is 23.1 Å². The number of ether oxygens (including phenoxy) is 1. The zero-order valence-electron chi connectivity index (χ0n) is 11.1. The van der Waals surface area contributed by atoms with Crippen LogP contribution in [0.15, 0.2) is 18.2 Å². The lowest BCUT2D eigenvalue weighted by molar-refractivity contribution is -0.139. The summed E-state index contributed by atoms with van der Waals surface area (Å²) in [6.07, 6.45) is -2.83. The molecule has 1 aromatic rings. The zero-order chi connectivity index (χ0) is 15.3. The van der Waals surface area contributed by atoms with Gasteiger partial charge in [0, 0.05) is 6.08 Å². The minimum atomic E-state index is -4.24. The van der Waals surface area contributed by atoms with Crippen LogP contribution in [0.5, 0.6) is 5.75 Å². The molecule has 3 nitrogen and oxygen atoms in total. The van der Waals surface area contributed by atoms with Crippen molar-refractivity contribution in [3.8, 4) is 5.75 Å². The first-order chi connectivity index (χ1) is 9.19. The molecule has 0 unspecified atom stereocenters. The lowest BCUT2D eigenvalue weighted by Gasteiger charge is -2.14. The lowest BCUT2D eigenvalue weighted by atomic mass is 10.1. The topological polar surface area (TPSA) is 46.5 Å². The largest absolute Gasteiger partial charge is 0.493 e. The van der Waals surface area contributed by atoms with Gasteiger partial charge in [-0.25, -0.2) is 4.79 Å². The molecule has 0 heterocycles. The van der Waals surface area contributed by atoms with Crippen molar-refractivity contribution in [3.05, 3.63) is 34.9 Å². The predicted octanol–water partition coefficient (Wildman–Crippen LogP) is 3.73. The van der Waals surface area contributed by atoms with E-state index in [4.69, 9.17) is 9.84 Å². The fourth-order valence-corrected chi connectivity index (χ4v) is 1.74. The summed E-state index contributed by atoms with van der Waals surface area (Å²) < 4.78 is 41.3. The minimum absolute atomic E-state index is 0.404. The van der Waals surface area contributed by atoms with E-state index < -0.39 is 25.2 Å². The van der Waals surface area contributed by atoms with Crippen molar-refractivity contribution in [2.24, 2.45) is 0 Å². The van der Waals surface area contributed by atoms with Crippen molar-refractivity contribution in [2.45, 2.75) is 26.4 Å². The minimum Gasteiger partial charge on any atom is -0.493 e. The van der Waals surface area contributed by atoms with Gasteiger partial charge in [0.25, 0.3) is 0 Å². The molecule has 0 amide bonds. The standard InChI is InChI=1S/C14H15F3O3/c1-9-7-11(3-4-12(18)19)8-10(2)13(9)20-6-5-14(15,16)17/h3-4,7-8H,5-6H2,1-2H3,(H,18,19). The summed E-state index contributed by atoms with van der Waals surface area (Å²) in [5.74, 6) is -0.660. The molecule has 0 saturated heterocycles. The summed E-state index contributed by atoms with van der Waals surface area (Å²) in [5, 5.41) is 8.54. The number of carboxylic acids is 1. The molecule has 0 fully saturated rings. The molecule has 0 aliphatic rings. The molecule has 0 saturated carbocycles. The third-order valence-corrected chi connectivity index (χ3v) is 2.53. The first-order valence-electron chi connectivity index (χ1n) is 5.91. The molecule has 20 heavy (non-hydrogen) atoms. The van der Waals surface area contributed by atoms with Gasteiger partial charge in [0.15, 0.2) is 0 Å². The van der Waals surface area contributed by atoms with Crippen LogP contribution in [-0.2, 0) is 4.79 Å². The van der Waals surface area contributed by atoms with Crippen LogP contribution < -0.4 is 4.74 Å². The third kappa shape index (κ3) is 5.34. The van der Waals surface area contributed by atoms with E-state index in [0.29, 0.717) is 22.4 Å². The van der Waals surface area contributed by atoms with E-state index >= 15 is 0 Å². The monoisotopic (exact) mass is 288 g/mol. The number of hydrogen-bond donors (Lipinski definition) is 1. The van der Waals surface area contributed by atoms with Gasteiger partial charge in [0.1, 0.15) is 5.75 Å². The van der Waals surface area contributed by atoms with E-state index in [1.807, 2.05) is 0 Å². The number of hydrogen-bond acceptors (Lipinski definition) is 2. The van der Waals surface area contributed by atoms with Gasteiger partial charge >= 0.3 is 12.1 Å². The molecule has 1 rings (SSSR count). The van der Waals surface area contributed by atoms with Crippen LogP contribution in [-0.4, -0.2) is 23.9 Å². The Bertz CT molecular complexity index is 496. The quantitative estimate of drug-likeness (QED) is 0.840. The summed E-state index contributed by atoms with van der Waals surface area (Å²) >= 11 is 0. The molecular weight excluding hydrogens is 273 g/mol. The SMILES string of the molecule is Cc1cc(C=CC(=O)O)cc(C)c1OCCC(F)(F)F. The highest BCUT2D eigenvalue weighted by atomic mass is 19.4. The molecule has 6 heteroatoms. The maximum absolute atomic E-state index is 12.1. The summed E-state index contributed by atoms with van der Waals surface area (Å²) in [6, 6.07) is 3.32.